The fourth-order valence-electron chi connectivity index (χ4n) is 5.25. The second-order valence-electron chi connectivity index (χ2n) is 11.1. The number of unbranched alkanes of at least 4 members (excludes halogenated alkanes) is 12. The first kappa shape index (κ1) is 34.1. The molecule has 1 aromatic heterocycles. The fourth-order valence-corrected chi connectivity index (χ4v) is 5.25. The van der Waals surface area contributed by atoms with Crippen molar-refractivity contribution in [2.24, 2.45) is 0 Å². The molecule has 7 heteroatoms. The van der Waals surface area contributed by atoms with E-state index in [4.69, 9.17) is 9.47 Å². The Morgan fingerprint density at radius 2 is 1.43 bits per heavy atom. The molecule has 0 amide bonds. The van der Waals surface area contributed by atoms with Crippen LogP contribution in [0.25, 0.3) is 0 Å². The Hall–Kier alpha value is -2.09. The Kier molecular flexibility index (Phi) is 17.7. The molecule has 0 radical (unpaired) electrons. The van der Waals surface area contributed by atoms with E-state index in [1.54, 1.807) is 0 Å². The number of hydrogen-bond acceptors (Lipinski definition) is 5. The van der Waals surface area contributed by atoms with Gasteiger partial charge in [0, 0.05) is 0 Å². The molecule has 3 atom stereocenters. The Morgan fingerprint density at radius 1 is 0.850 bits per heavy atom. The number of benzene rings is 1. The number of imidazole rings is 1. The van der Waals surface area contributed by atoms with Gasteiger partial charge in [0.2, 0.25) is 5.88 Å². The van der Waals surface area contributed by atoms with Gasteiger partial charge in [-0.15, -0.1) is 0 Å². The van der Waals surface area contributed by atoms with E-state index in [1.165, 1.54) is 86.0 Å². The van der Waals surface area contributed by atoms with Crippen molar-refractivity contribution in [2.45, 2.75) is 149 Å². The molecule has 3 unspecified atom stereocenters. The van der Waals surface area contributed by atoms with Gasteiger partial charge in [0.05, 0.1) is 38.2 Å². The van der Waals surface area contributed by atoms with Gasteiger partial charge in [-0.3, -0.25) is 9.13 Å². The zero-order valence-electron chi connectivity index (χ0n) is 25.4. The number of aliphatic hydroxyl groups is 1. The molecule has 2 aromatic rings. The van der Waals surface area contributed by atoms with Crippen LogP contribution in [0.5, 0.6) is 5.88 Å². The van der Waals surface area contributed by atoms with Gasteiger partial charge < -0.3 is 19.7 Å². The molecule has 0 fully saturated rings. The van der Waals surface area contributed by atoms with Crippen molar-refractivity contribution < 1.29 is 19.7 Å². The van der Waals surface area contributed by atoms with Crippen molar-refractivity contribution in [3.63, 3.8) is 0 Å². The molecule has 0 aliphatic heterocycles. The third-order valence-corrected chi connectivity index (χ3v) is 7.77. The lowest BCUT2D eigenvalue weighted by molar-refractivity contribution is -0.128. The average Bonchev–Trinajstić information content (AvgIpc) is 3.25. The van der Waals surface area contributed by atoms with E-state index in [1.807, 2.05) is 32.0 Å². The van der Waals surface area contributed by atoms with Crippen LogP contribution in [-0.2, 0) is 22.6 Å². The second kappa shape index (κ2) is 20.7. The first-order valence-corrected chi connectivity index (χ1v) is 15.9. The van der Waals surface area contributed by atoms with E-state index >= 15 is 0 Å². The summed E-state index contributed by atoms with van der Waals surface area (Å²) in [4.78, 5) is 12.9. The maximum Gasteiger partial charge on any atom is 0.333 e. The van der Waals surface area contributed by atoms with Crippen LogP contribution in [0.15, 0.2) is 41.3 Å². The highest BCUT2D eigenvalue weighted by atomic mass is 16.6. The number of ether oxygens (including phenoxy) is 2. The molecule has 0 bridgehead atoms. The predicted octanol–water partition coefficient (Wildman–Crippen LogP) is 7.73. The summed E-state index contributed by atoms with van der Waals surface area (Å²) in [5, 5.41) is 19.5. The fraction of sp³-hybridized carbons (Fsp3) is 0.727. The van der Waals surface area contributed by atoms with Gasteiger partial charge in [0.1, 0.15) is 6.23 Å². The predicted molar refractivity (Wildman–Crippen MR) is 163 cm³/mol. The van der Waals surface area contributed by atoms with Crippen molar-refractivity contribution in [2.75, 3.05) is 6.61 Å². The quantitative estimate of drug-likeness (QED) is 0.128. The third-order valence-electron chi connectivity index (χ3n) is 7.77. The second-order valence-corrected chi connectivity index (χ2v) is 11.1. The SMILES string of the molecule is CCCCCCCCCCCCCCCC(OC(CC)n1cc(O)n(CCO)c1=O)C(C)OCc1ccccc1. The minimum atomic E-state index is -0.520. The Morgan fingerprint density at radius 3 is 1.98 bits per heavy atom. The highest BCUT2D eigenvalue weighted by molar-refractivity contribution is 5.13. The summed E-state index contributed by atoms with van der Waals surface area (Å²) in [5.74, 6) is -0.164. The molecule has 228 valence electrons. The Bertz CT molecular complexity index is 942. The van der Waals surface area contributed by atoms with Crippen LogP contribution < -0.4 is 5.69 Å². The zero-order chi connectivity index (χ0) is 29.0. The van der Waals surface area contributed by atoms with Crippen molar-refractivity contribution in [3.05, 3.63) is 52.6 Å². The van der Waals surface area contributed by atoms with Gasteiger partial charge in [-0.1, -0.05) is 128 Å². The maximum absolute atomic E-state index is 12.9. The topological polar surface area (TPSA) is 85.9 Å². The third kappa shape index (κ3) is 12.6. The lowest BCUT2D eigenvalue weighted by Gasteiger charge is -2.29. The molecule has 0 aliphatic carbocycles. The van der Waals surface area contributed by atoms with Crippen molar-refractivity contribution in [1.82, 2.24) is 9.13 Å². The summed E-state index contributed by atoms with van der Waals surface area (Å²) in [6.45, 7) is 6.61. The van der Waals surface area contributed by atoms with Gasteiger partial charge in [0.15, 0.2) is 0 Å². The molecule has 0 saturated carbocycles. The van der Waals surface area contributed by atoms with Crippen LogP contribution in [0.4, 0.5) is 0 Å². The van der Waals surface area contributed by atoms with E-state index in [0.717, 1.165) is 24.8 Å². The van der Waals surface area contributed by atoms with Crippen LogP contribution >= 0.6 is 0 Å². The van der Waals surface area contributed by atoms with E-state index in [-0.39, 0.29) is 36.9 Å². The highest BCUT2D eigenvalue weighted by Crippen LogP contribution is 2.24. The summed E-state index contributed by atoms with van der Waals surface area (Å²) in [5.41, 5.74) is 0.735. The van der Waals surface area contributed by atoms with Crippen molar-refractivity contribution in [3.8, 4) is 5.88 Å². The summed E-state index contributed by atoms with van der Waals surface area (Å²) in [7, 11) is 0. The first-order valence-electron chi connectivity index (χ1n) is 15.9. The number of rotatable bonds is 24. The molecule has 0 aliphatic rings. The highest BCUT2D eigenvalue weighted by Gasteiger charge is 2.25. The zero-order valence-corrected chi connectivity index (χ0v) is 25.4. The monoisotopic (exact) mass is 560 g/mol. The van der Waals surface area contributed by atoms with Crippen LogP contribution in [0.1, 0.15) is 129 Å². The lowest BCUT2D eigenvalue weighted by atomic mass is 10.0. The summed E-state index contributed by atoms with van der Waals surface area (Å²) in [6, 6.07) is 10.1. The average molecular weight is 561 g/mol. The van der Waals surface area contributed by atoms with Gasteiger partial charge in [-0.05, 0) is 25.3 Å². The largest absolute Gasteiger partial charge is 0.493 e. The van der Waals surface area contributed by atoms with Gasteiger partial charge in [-0.25, -0.2) is 4.79 Å². The molecule has 40 heavy (non-hydrogen) atoms. The molecule has 0 spiro atoms. The molecule has 0 saturated heterocycles. The molecule has 1 heterocycles. The van der Waals surface area contributed by atoms with Crippen molar-refractivity contribution in [1.29, 1.82) is 0 Å². The molecular weight excluding hydrogens is 504 g/mol. The minimum absolute atomic E-state index is 0.0487. The molecule has 2 rings (SSSR count). The molecular formula is C33H56N2O5. The first-order chi connectivity index (χ1) is 19.5. The van der Waals surface area contributed by atoms with E-state index in [0.29, 0.717) is 13.0 Å². The molecule has 2 N–H and O–H groups in total. The number of aliphatic hydroxyl groups excluding tert-OH is 1. The van der Waals surface area contributed by atoms with Crippen LogP contribution in [0.2, 0.25) is 0 Å². The van der Waals surface area contributed by atoms with E-state index in [9.17, 15) is 15.0 Å². The maximum atomic E-state index is 12.9. The summed E-state index contributed by atoms with van der Waals surface area (Å²) < 4.78 is 15.4. The van der Waals surface area contributed by atoms with E-state index in [2.05, 4.69) is 19.1 Å². The molecule has 7 nitrogen and oxygen atoms in total. The van der Waals surface area contributed by atoms with E-state index < -0.39 is 6.23 Å². The summed E-state index contributed by atoms with van der Waals surface area (Å²) in [6.07, 6.45) is 19.0. The normalized spacial score (nSPS) is 13.9. The number of aromatic nitrogens is 2. The number of nitrogens with zero attached hydrogens (tertiary/aromatic N) is 2. The molecule has 1 aromatic carbocycles. The van der Waals surface area contributed by atoms with Gasteiger partial charge in [-0.2, -0.15) is 0 Å². The van der Waals surface area contributed by atoms with Gasteiger partial charge in [0.25, 0.3) is 0 Å². The Labute approximate surface area is 242 Å². The number of hydrogen-bond donors (Lipinski definition) is 2. The van der Waals surface area contributed by atoms with Crippen LogP contribution in [0.3, 0.4) is 0 Å². The summed E-state index contributed by atoms with van der Waals surface area (Å²) >= 11 is 0. The number of aromatic hydroxyl groups is 1. The van der Waals surface area contributed by atoms with Crippen molar-refractivity contribution >= 4 is 0 Å². The van der Waals surface area contributed by atoms with Gasteiger partial charge >= 0.3 is 5.69 Å². The lowest BCUT2D eigenvalue weighted by Crippen LogP contribution is -2.35. The Balaban J connectivity index is 1.85. The standard InChI is InChI=1S/C33H56N2O5/c1-4-6-7-8-9-10-11-12-13-14-15-16-20-23-30(28(3)39-27-29-21-18-17-19-22-29)40-32(5-2)35-26-31(37)34(24-25-36)33(35)38/h17-19,21-22,26,28,30,32,36-37H,4-16,20,23-25,27H2,1-3H3. The van der Waals surface area contributed by atoms with Crippen LogP contribution in [-0.4, -0.2) is 38.2 Å². The minimum Gasteiger partial charge on any atom is -0.493 e. The smallest absolute Gasteiger partial charge is 0.333 e. The van der Waals surface area contributed by atoms with Crippen LogP contribution in [0, 0.1) is 0 Å².